The molecule has 2 aliphatic rings. The van der Waals surface area contributed by atoms with E-state index < -0.39 is 21.2 Å². The second kappa shape index (κ2) is 11.8. The molecule has 1 aromatic heterocycles. The molecule has 0 saturated heterocycles. The minimum Gasteiger partial charge on any atom is -0.497 e. The minimum atomic E-state index is -3.72. The Kier molecular flexibility index (Phi) is 8.78. The molecule has 1 aliphatic carbocycles. The molecule has 5 rings (SSSR count). The first-order valence-electron chi connectivity index (χ1n) is 14.3. The van der Waals surface area contributed by atoms with E-state index in [0.29, 0.717) is 29.2 Å². The second-order valence-corrected chi connectivity index (χ2v) is 13.6. The van der Waals surface area contributed by atoms with Gasteiger partial charge in [-0.2, -0.15) is 0 Å². The van der Waals surface area contributed by atoms with Crippen LogP contribution < -0.4 is 9.46 Å². The lowest BCUT2D eigenvalue weighted by atomic mass is 9.85. The van der Waals surface area contributed by atoms with Crippen LogP contribution >= 0.6 is 0 Å². The van der Waals surface area contributed by atoms with Gasteiger partial charge in [-0.15, -0.1) is 0 Å². The van der Waals surface area contributed by atoms with Gasteiger partial charge >= 0.3 is 0 Å². The van der Waals surface area contributed by atoms with E-state index in [4.69, 9.17) is 9.53 Å². The van der Waals surface area contributed by atoms with Gasteiger partial charge in [0.05, 0.1) is 18.1 Å². The van der Waals surface area contributed by atoms with Crippen molar-refractivity contribution in [1.29, 1.82) is 0 Å². The Bertz CT molecular complexity index is 1500. The number of benzene rings is 2. The SMILES string of the molecule is C=O.CCCC(CCC)c1c2n(c3cc(C(=O)NS(=O)(=O)C(C)C)ccc13)CC1C(c3cc(OC)ccc3-2)[C@@H]1C. The van der Waals surface area contributed by atoms with Crippen molar-refractivity contribution < 1.29 is 22.7 Å². The lowest BCUT2D eigenvalue weighted by Crippen LogP contribution is -2.35. The highest BCUT2D eigenvalue weighted by molar-refractivity contribution is 7.90. The molecule has 8 heteroatoms. The van der Waals surface area contributed by atoms with Crippen molar-refractivity contribution in [2.75, 3.05) is 7.11 Å². The Labute approximate surface area is 238 Å². The second-order valence-electron chi connectivity index (χ2n) is 11.4. The summed E-state index contributed by atoms with van der Waals surface area (Å²) in [7, 11) is -2.00. The molecular weight excluding hydrogens is 524 g/mol. The average Bonchev–Trinajstić information content (AvgIpc) is 3.51. The molecule has 1 saturated carbocycles. The standard InChI is InChI=1S/C31H40N2O4S.CH2O/c1-7-9-20(10-8-2)29-24-13-11-21(31(34)32-38(35,36)18(3)4)15-27(24)33-17-26-19(5)28(26)25-16-22(37-6)12-14-23(25)30(29)33;1-2/h11-16,18-20,26,28H,7-10,17H2,1-6H3,(H,32,34);1H2/t19-,26?,28?;/m1./s1. The zero-order valence-electron chi connectivity index (χ0n) is 24.5. The van der Waals surface area contributed by atoms with Gasteiger partial charge in [0.1, 0.15) is 12.5 Å². The zero-order chi connectivity index (χ0) is 29.4. The van der Waals surface area contributed by atoms with E-state index in [1.807, 2.05) is 18.9 Å². The van der Waals surface area contributed by atoms with Gasteiger partial charge in [0.15, 0.2) is 0 Å². The summed E-state index contributed by atoms with van der Waals surface area (Å²) in [5.41, 5.74) is 6.64. The fourth-order valence-corrected chi connectivity index (χ4v) is 7.17. The van der Waals surface area contributed by atoms with Crippen molar-refractivity contribution in [3.8, 4) is 17.0 Å². The van der Waals surface area contributed by atoms with Crippen LogP contribution in [-0.4, -0.2) is 38.0 Å². The molecule has 1 N–H and O–H groups in total. The van der Waals surface area contributed by atoms with Gasteiger partial charge in [-0.3, -0.25) is 4.79 Å². The number of methoxy groups -OCH3 is 1. The van der Waals surface area contributed by atoms with E-state index in [1.54, 1.807) is 27.0 Å². The summed E-state index contributed by atoms with van der Waals surface area (Å²) in [6.07, 6.45) is 4.40. The van der Waals surface area contributed by atoms with Gasteiger partial charge in [0.2, 0.25) is 10.0 Å². The molecule has 3 aromatic rings. The van der Waals surface area contributed by atoms with Crippen molar-refractivity contribution in [3.63, 3.8) is 0 Å². The summed E-state index contributed by atoms with van der Waals surface area (Å²) in [5.74, 6) is 2.29. The number of nitrogens with one attached hydrogen (secondary N) is 1. The van der Waals surface area contributed by atoms with Gasteiger partial charge in [0, 0.05) is 28.6 Å². The number of carbonyl (C=O) groups excluding carboxylic acids is 2. The van der Waals surface area contributed by atoms with Crippen molar-refractivity contribution in [3.05, 3.63) is 53.1 Å². The van der Waals surface area contributed by atoms with Crippen LogP contribution in [0.2, 0.25) is 0 Å². The summed E-state index contributed by atoms with van der Waals surface area (Å²) in [5, 5.41) is 0.487. The van der Waals surface area contributed by atoms with Crippen LogP contribution in [0.5, 0.6) is 5.75 Å². The van der Waals surface area contributed by atoms with Crippen LogP contribution in [0.3, 0.4) is 0 Å². The number of fused-ring (bicyclic) bond motifs is 7. The number of nitrogens with zero attached hydrogens (tertiary/aromatic N) is 1. The molecule has 40 heavy (non-hydrogen) atoms. The van der Waals surface area contributed by atoms with Crippen LogP contribution in [0.25, 0.3) is 22.2 Å². The van der Waals surface area contributed by atoms with Crippen LogP contribution in [0.1, 0.15) is 93.6 Å². The normalized spacial score (nSPS) is 19.2. The summed E-state index contributed by atoms with van der Waals surface area (Å²) >= 11 is 0. The maximum atomic E-state index is 13.1. The molecule has 0 spiro atoms. The first-order chi connectivity index (χ1) is 19.1. The van der Waals surface area contributed by atoms with Crippen molar-refractivity contribution >= 4 is 33.6 Å². The molecule has 7 nitrogen and oxygen atoms in total. The van der Waals surface area contributed by atoms with E-state index in [1.165, 1.54) is 27.8 Å². The van der Waals surface area contributed by atoms with Gasteiger partial charge in [-0.25, -0.2) is 13.1 Å². The van der Waals surface area contributed by atoms with Gasteiger partial charge in [0.25, 0.3) is 5.91 Å². The fourth-order valence-electron chi connectivity index (χ4n) is 6.56. The van der Waals surface area contributed by atoms with Crippen LogP contribution in [0.4, 0.5) is 0 Å². The predicted molar refractivity (Wildman–Crippen MR) is 161 cm³/mol. The Morgan fingerprint density at radius 1 is 1.10 bits per heavy atom. The zero-order valence-corrected chi connectivity index (χ0v) is 25.3. The Morgan fingerprint density at radius 3 is 2.38 bits per heavy atom. The third kappa shape index (κ3) is 5.18. The van der Waals surface area contributed by atoms with Crippen LogP contribution in [0.15, 0.2) is 36.4 Å². The van der Waals surface area contributed by atoms with Crippen LogP contribution in [-0.2, 0) is 21.4 Å². The van der Waals surface area contributed by atoms with E-state index in [2.05, 4.69) is 48.3 Å². The maximum Gasteiger partial charge on any atom is 0.264 e. The first-order valence-corrected chi connectivity index (χ1v) is 15.9. The molecule has 2 aromatic carbocycles. The number of rotatable bonds is 9. The Morgan fingerprint density at radius 2 is 1.77 bits per heavy atom. The number of ether oxygens (including phenoxy) is 1. The number of hydrogen-bond acceptors (Lipinski definition) is 5. The number of amides is 1. The molecular formula is C32H42N2O5S. The maximum absolute atomic E-state index is 13.1. The Balaban J connectivity index is 0.00000181. The molecule has 1 fully saturated rings. The van der Waals surface area contributed by atoms with E-state index in [0.717, 1.165) is 43.5 Å². The monoisotopic (exact) mass is 566 g/mol. The minimum absolute atomic E-state index is 0.371. The third-order valence-electron chi connectivity index (χ3n) is 8.73. The highest BCUT2D eigenvalue weighted by Crippen LogP contribution is 2.60. The topological polar surface area (TPSA) is 94.5 Å². The quantitative estimate of drug-likeness (QED) is 0.313. The van der Waals surface area contributed by atoms with Crippen molar-refractivity contribution in [2.45, 2.75) is 83.9 Å². The molecule has 3 atom stereocenters. The fraction of sp³-hybridized carbons (Fsp3) is 0.500. The van der Waals surface area contributed by atoms with E-state index >= 15 is 0 Å². The largest absolute Gasteiger partial charge is 0.497 e. The lowest BCUT2D eigenvalue weighted by molar-refractivity contribution is -0.0980. The van der Waals surface area contributed by atoms with Gasteiger partial charge in [-0.05, 0) is 91.8 Å². The molecule has 1 aliphatic heterocycles. The lowest BCUT2D eigenvalue weighted by Gasteiger charge is -2.20. The van der Waals surface area contributed by atoms with Gasteiger partial charge < -0.3 is 14.1 Å². The molecule has 0 bridgehead atoms. The summed E-state index contributed by atoms with van der Waals surface area (Å²) in [6, 6.07) is 12.2. The number of aromatic nitrogens is 1. The molecule has 1 amide bonds. The summed E-state index contributed by atoms with van der Waals surface area (Å²) < 4.78 is 35.2. The average molecular weight is 567 g/mol. The highest BCUT2D eigenvalue weighted by Gasteiger charge is 2.51. The predicted octanol–water partition coefficient (Wildman–Crippen LogP) is 6.65. The first kappa shape index (κ1) is 29.8. The third-order valence-corrected chi connectivity index (χ3v) is 10.4. The highest BCUT2D eigenvalue weighted by atomic mass is 32.2. The molecule has 216 valence electrons. The van der Waals surface area contributed by atoms with Crippen molar-refractivity contribution in [1.82, 2.24) is 9.29 Å². The van der Waals surface area contributed by atoms with Crippen LogP contribution in [0, 0.1) is 11.8 Å². The number of hydrogen-bond donors (Lipinski definition) is 1. The summed E-state index contributed by atoms with van der Waals surface area (Å²) in [4.78, 5) is 21.1. The number of sulfonamides is 1. The Hall–Kier alpha value is -3.13. The smallest absolute Gasteiger partial charge is 0.264 e. The van der Waals surface area contributed by atoms with E-state index in [-0.39, 0.29) is 0 Å². The van der Waals surface area contributed by atoms with Crippen molar-refractivity contribution in [2.24, 2.45) is 11.8 Å². The van der Waals surface area contributed by atoms with E-state index in [9.17, 15) is 13.2 Å². The molecule has 2 unspecified atom stereocenters. The molecule has 0 radical (unpaired) electrons. The summed E-state index contributed by atoms with van der Waals surface area (Å²) in [6.45, 7) is 12.8. The van der Waals surface area contributed by atoms with Gasteiger partial charge in [-0.1, -0.05) is 39.7 Å². The molecule has 2 heterocycles. The number of carbonyl (C=O) groups is 2.